The zero-order chi connectivity index (χ0) is 14.5. The largest absolute Gasteiger partial charge is 0.376 e. The predicted octanol–water partition coefficient (Wildman–Crippen LogP) is 2.32. The first-order valence-corrected chi connectivity index (χ1v) is 6.64. The van der Waals surface area contributed by atoms with Gasteiger partial charge in [-0.25, -0.2) is 9.18 Å². The number of amides is 2. The molecule has 7 heteroatoms. The van der Waals surface area contributed by atoms with Gasteiger partial charge in [-0.3, -0.25) is 0 Å². The highest BCUT2D eigenvalue weighted by Gasteiger charge is 2.15. The maximum absolute atomic E-state index is 13.2. The van der Waals surface area contributed by atoms with Crippen molar-refractivity contribution in [2.75, 3.05) is 31.7 Å². The van der Waals surface area contributed by atoms with Crippen LogP contribution in [-0.2, 0) is 9.47 Å². The molecule has 1 aliphatic rings. The van der Waals surface area contributed by atoms with Gasteiger partial charge in [-0.05, 0) is 24.6 Å². The van der Waals surface area contributed by atoms with Gasteiger partial charge in [-0.15, -0.1) is 0 Å². The molecular formula is C13H16ClFN2O3. The van der Waals surface area contributed by atoms with Gasteiger partial charge < -0.3 is 20.1 Å². The minimum absolute atomic E-state index is 0.153. The molecule has 1 atom stereocenters. The Morgan fingerprint density at radius 3 is 3.00 bits per heavy atom. The Morgan fingerprint density at radius 1 is 1.50 bits per heavy atom. The number of aryl methyl sites for hydroxylation is 1. The maximum atomic E-state index is 13.2. The van der Waals surface area contributed by atoms with Crippen LogP contribution >= 0.6 is 11.6 Å². The summed E-state index contributed by atoms with van der Waals surface area (Å²) in [5.41, 5.74) is 0.776. The zero-order valence-electron chi connectivity index (χ0n) is 11.0. The van der Waals surface area contributed by atoms with Crippen LogP contribution in [0.5, 0.6) is 0 Å². The lowest BCUT2D eigenvalue weighted by Gasteiger charge is -2.23. The summed E-state index contributed by atoms with van der Waals surface area (Å²) in [5, 5.41) is 5.38. The molecule has 5 nitrogen and oxygen atoms in total. The van der Waals surface area contributed by atoms with Crippen LogP contribution in [0.15, 0.2) is 12.1 Å². The summed E-state index contributed by atoms with van der Waals surface area (Å²) in [6.07, 6.45) is -0.153. The Hall–Kier alpha value is -1.37. The molecule has 1 aliphatic heterocycles. The average Bonchev–Trinajstić information content (AvgIpc) is 2.44. The van der Waals surface area contributed by atoms with E-state index in [1.165, 1.54) is 12.1 Å². The number of halogens is 2. The number of rotatable bonds is 3. The van der Waals surface area contributed by atoms with E-state index in [0.29, 0.717) is 37.6 Å². The van der Waals surface area contributed by atoms with Crippen LogP contribution in [-0.4, -0.2) is 38.5 Å². The van der Waals surface area contributed by atoms with Gasteiger partial charge in [0.1, 0.15) is 5.82 Å². The summed E-state index contributed by atoms with van der Waals surface area (Å²) in [6.45, 7) is 3.49. The standard InChI is InChI=1S/C13H16ClFN2O3/c1-8-4-12(10(14)5-11(8)15)17-13(18)16-6-9-7-19-2-3-20-9/h4-5,9H,2-3,6-7H2,1H3,(H2,16,17,18)/t9-/m0/s1. The van der Waals surface area contributed by atoms with Crippen molar-refractivity contribution in [2.45, 2.75) is 13.0 Å². The Morgan fingerprint density at radius 2 is 2.30 bits per heavy atom. The van der Waals surface area contributed by atoms with Crippen molar-refractivity contribution in [3.05, 3.63) is 28.5 Å². The van der Waals surface area contributed by atoms with E-state index in [-0.39, 0.29) is 11.1 Å². The molecule has 0 unspecified atom stereocenters. The molecule has 1 aromatic carbocycles. The molecule has 0 bridgehead atoms. The van der Waals surface area contributed by atoms with Crippen LogP contribution in [0.1, 0.15) is 5.56 Å². The number of carbonyl (C=O) groups excluding carboxylic acids is 1. The Kier molecular flexibility index (Phi) is 5.17. The first-order chi connectivity index (χ1) is 9.56. The fourth-order valence-corrected chi connectivity index (χ4v) is 1.98. The Balaban J connectivity index is 1.86. The number of hydrogen-bond acceptors (Lipinski definition) is 3. The Labute approximate surface area is 121 Å². The highest BCUT2D eigenvalue weighted by Crippen LogP contribution is 2.24. The summed E-state index contributed by atoms with van der Waals surface area (Å²) in [4.78, 5) is 11.7. The molecule has 20 heavy (non-hydrogen) atoms. The molecule has 1 saturated heterocycles. The molecule has 0 saturated carbocycles. The van der Waals surface area contributed by atoms with E-state index in [1.807, 2.05) is 0 Å². The topological polar surface area (TPSA) is 59.6 Å². The second kappa shape index (κ2) is 6.88. The summed E-state index contributed by atoms with van der Waals surface area (Å²) >= 11 is 5.87. The van der Waals surface area contributed by atoms with Crippen LogP contribution in [0.2, 0.25) is 5.02 Å². The van der Waals surface area contributed by atoms with Crippen LogP contribution in [0.4, 0.5) is 14.9 Å². The molecule has 1 fully saturated rings. The summed E-state index contributed by atoms with van der Waals surface area (Å²) in [6, 6.07) is 2.23. The van der Waals surface area contributed by atoms with Crippen molar-refractivity contribution < 1.29 is 18.7 Å². The van der Waals surface area contributed by atoms with Crippen LogP contribution in [0.3, 0.4) is 0 Å². The highest BCUT2D eigenvalue weighted by molar-refractivity contribution is 6.33. The molecule has 110 valence electrons. The van der Waals surface area contributed by atoms with E-state index in [9.17, 15) is 9.18 Å². The van der Waals surface area contributed by atoms with E-state index in [2.05, 4.69) is 10.6 Å². The molecular weight excluding hydrogens is 287 g/mol. The number of anilines is 1. The first kappa shape index (κ1) is 15.0. The average molecular weight is 303 g/mol. The number of carbonyl (C=O) groups is 1. The normalized spacial score (nSPS) is 18.6. The highest BCUT2D eigenvalue weighted by atomic mass is 35.5. The van der Waals surface area contributed by atoms with Gasteiger partial charge in [0.15, 0.2) is 0 Å². The van der Waals surface area contributed by atoms with Crippen molar-refractivity contribution >= 4 is 23.3 Å². The molecule has 2 rings (SSSR count). The predicted molar refractivity (Wildman–Crippen MR) is 73.7 cm³/mol. The third kappa shape index (κ3) is 4.06. The molecule has 0 aliphatic carbocycles. The number of hydrogen-bond donors (Lipinski definition) is 2. The Bertz CT molecular complexity index is 493. The molecule has 0 spiro atoms. The maximum Gasteiger partial charge on any atom is 0.319 e. The van der Waals surface area contributed by atoms with E-state index in [0.717, 1.165) is 0 Å². The lowest BCUT2D eigenvalue weighted by molar-refractivity contribution is -0.0852. The molecule has 1 aromatic rings. The van der Waals surface area contributed by atoms with Crippen molar-refractivity contribution in [1.29, 1.82) is 0 Å². The summed E-state index contributed by atoms with van der Waals surface area (Å²) < 4.78 is 23.9. The fraction of sp³-hybridized carbons (Fsp3) is 0.462. The summed E-state index contributed by atoms with van der Waals surface area (Å²) in [5.74, 6) is -0.409. The van der Waals surface area contributed by atoms with Crippen molar-refractivity contribution in [2.24, 2.45) is 0 Å². The van der Waals surface area contributed by atoms with E-state index in [4.69, 9.17) is 21.1 Å². The fourth-order valence-electron chi connectivity index (χ4n) is 1.78. The van der Waals surface area contributed by atoms with E-state index < -0.39 is 11.8 Å². The monoisotopic (exact) mass is 302 g/mol. The van der Waals surface area contributed by atoms with Crippen molar-refractivity contribution in [3.63, 3.8) is 0 Å². The first-order valence-electron chi connectivity index (χ1n) is 6.26. The smallest absolute Gasteiger partial charge is 0.319 e. The van der Waals surface area contributed by atoms with Gasteiger partial charge in [0.25, 0.3) is 0 Å². The molecule has 1 heterocycles. The van der Waals surface area contributed by atoms with Crippen molar-refractivity contribution in [1.82, 2.24) is 5.32 Å². The van der Waals surface area contributed by atoms with Gasteiger partial charge in [0.05, 0.1) is 36.6 Å². The van der Waals surface area contributed by atoms with E-state index in [1.54, 1.807) is 6.92 Å². The van der Waals surface area contributed by atoms with Gasteiger partial charge >= 0.3 is 6.03 Å². The number of benzene rings is 1. The third-order valence-corrected chi connectivity index (χ3v) is 3.18. The zero-order valence-corrected chi connectivity index (χ0v) is 11.8. The molecule has 0 radical (unpaired) electrons. The molecule has 2 N–H and O–H groups in total. The quantitative estimate of drug-likeness (QED) is 0.901. The van der Waals surface area contributed by atoms with E-state index >= 15 is 0 Å². The van der Waals surface area contributed by atoms with Crippen molar-refractivity contribution in [3.8, 4) is 0 Å². The number of ether oxygens (including phenoxy) is 2. The van der Waals surface area contributed by atoms with Gasteiger partial charge in [0.2, 0.25) is 0 Å². The number of nitrogens with one attached hydrogen (secondary N) is 2. The van der Waals surface area contributed by atoms with Crippen LogP contribution < -0.4 is 10.6 Å². The minimum Gasteiger partial charge on any atom is -0.376 e. The summed E-state index contributed by atoms with van der Waals surface area (Å²) in [7, 11) is 0. The second-order valence-electron chi connectivity index (χ2n) is 4.48. The SMILES string of the molecule is Cc1cc(NC(=O)NC[C@H]2COCCO2)c(Cl)cc1F. The lowest BCUT2D eigenvalue weighted by atomic mass is 10.2. The number of urea groups is 1. The van der Waals surface area contributed by atoms with Gasteiger partial charge in [0, 0.05) is 6.54 Å². The third-order valence-electron chi connectivity index (χ3n) is 2.87. The molecule has 2 amide bonds. The van der Waals surface area contributed by atoms with Crippen LogP contribution in [0, 0.1) is 12.7 Å². The van der Waals surface area contributed by atoms with Gasteiger partial charge in [-0.1, -0.05) is 11.6 Å². The molecule has 0 aromatic heterocycles. The lowest BCUT2D eigenvalue weighted by Crippen LogP contribution is -2.41. The van der Waals surface area contributed by atoms with Crippen LogP contribution in [0.25, 0.3) is 0 Å². The minimum atomic E-state index is -0.424. The second-order valence-corrected chi connectivity index (χ2v) is 4.89. The van der Waals surface area contributed by atoms with Gasteiger partial charge in [-0.2, -0.15) is 0 Å².